The molecule has 0 spiro atoms. The summed E-state index contributed by atoms with van der Waals surface area (Å²) in [6.07, 6.45) is 3.00. The van der Waals surface area contributed by atoms with Crippen molar-refractivity contribution in [1.82, 2.24) is 15.0 Å². The van der Waals surface area contributed by atoms with Crippen molar-refractivity contribution >= 4 is 34.3 Å². The Balaban J connectivity index is 1.43. The summed E-state index contributed by atoms with van der Waals surface area (Å²) in [5, 5.41) is 9.80. The van der Waals surface area contributed by atoms with Crippen LogP contribution in [0.25, 0.3) is 28.0 Å². The van der Waals surface area contributed by atoms with E-state index < -0.39 is 5.97 Å². The van der Waals surface area contributed by atoms with Crippen molar-refractivity contribution in [2.45, 2.75) is 13.3 Å². The van der Waals surface area contributed by atoms with Crippen LogP contribution in [0.2, 0.25) is 5.02 Å². The average molecular weight is 462 g/mol. The minimum absolute atomic E-state index is 0.173. The third-order valence-corrected chi connectivity index (χ3v) is 5.84. The first-order valence-corrected chi connectivity index (χ1v) is 10.8. The molecule has 0 saturated heterocycles. The van der Waals surface area contributed by atoms with E-state index in [1.54, 1.807) is 25.1 Å². The number of imidazole rings is 1. The zero-order valence-electron chi connectivity index (χ0n) is 17.8. The van der Waals surface area contributed by atoms with Crippen molar-refractivity contribution in [1.29, 1.82) is 0 Å². The number of ether oxygens (including phenoxy) is 2. The molecule has 0 amide bonds. The molecule has 5 rings (SSSR count). The number of carboxylic acid groups (broad SMARTS) is 1. The molecular formula is C25H20ClN3O4. The number of nitrogens with one attached hydrogen (secondary N) is 1. The van der Waals surface area contributed by atoms with Crippen LogP contribution in [0.3, 0.4) is 0 Å². The van der Waals surface area contributed by atoms with Gasteiger partial charge >= 0.3 is 12.0 Å². The summed E-state index contributed by atoms with van der Waals surface area (Å²) in [5.74, 6) is -0.652. The number of H-pyrrole nitrogens is 1. The maximum atomic E-state index is 11.4. The minimum atomic E-state index is -1.01. The SMILES string of the molecule is Cc1ccc(Oc2nc3nc(-c4ccc(C5=CCOCC5)cc4)c(Cl)cc3[nH]2)cc1C(=O)O. The van der Waals surface area contributed by atoms with E-state index in [1.165, 1.54) is 11.6 Å². The van der Waals surface area contributed by atoms with E-state index in [1.807, 2.05) is 12.1 Å². The third-order valence-electron chi connectivity index (χ3n) is 5.55. The Morgan fingerprint density at radius 1 is 1.12 bits per heavy atom. The highest BCUT2D eigenvalue weighted by atomic mass is 35.5. The molecule has 7 nitrogen and oxygen atoms in total. The second kappa shape index (κ2) is 8.69. The minimum Gasteiger partial charge on any atom is -0.478 e. The third kappa shape index (κ3) is 4.33. The number of halogens is 1. The van der Waals surface area contributed by atoms with Crippen LogP contribution < -0.4 is 4.74 Å². The van der Waals surface area contributed by atoms with Gasteiger partial charge in [0.25, 0.3) is 0 Å². The second-order valence-electron chi connectivity index (χ2n) is 7.75. The average Bonchev–Trinajstić information content (AvgIpc) is 3.21. The highest BCUT2D eigenvalue weighted by molar-refractivity contribution is 6.33. The lowest BCUT2D eigenvalue weighted by molar-refractivity contribution is 0.0695. The number of nitrogens with zero attached hydrogens (tertiary/aromatic N) is 2. The molecule has 0 bridgehead atoms. The summed E-state index contributed by atoms with van der Waals surface area (Å²) >= 11 is 6.52. The standard InChI is InChI=1S/C25H20ClN3O4/c1-14-2-7-18(12-19(14)24(30)31)33-25-27-21-13-20(26)22(28-23(21)29-25)17-5-3-15(4-6-17)16-8-10-32-11-9-16/h2-8,12-13H,9-11H2,1H3,(H,30,31)(H,27,28,29). The van der Waals surface area contributed by atoms with Crippen LogP contribution in [0, 0.1) is 6.92 Å². The van der Waals surface area contributed by atoms with Crippen LogP contribution in [0.1, 0.15) is 27.9 Å². The van der Waals surface area contributed by atoms with E-state index in [-0.39, 0.29) is 11.6 Å². The van der Waals surface area contributed by atoms with Gasteiger partial charge in [-0.15, -0.1) is 0 Å². The Morgan fingerprint density at radius 3 is 2.64 bits per heavy atom. The number of aromatic nitrogens is 3. The molecule has 2 aromatic carbocycles. The summed E-state index contributed by atoms with van der Waals surface area (Å²) in [5.41, 5.74) is 5.84. The lowest BCUT2D eigenvalue weighted by Gasteiger charge is -2.14. The van der Waals surface area contributed by atoms with Crippen molar-refractivity contribution in [3.05, 3.63) is 76.3 Å². The fourth-order valence-corrected chi connectivity index (χ4v) is 4.05. The first-order valence-electron chi connectivity index (χ1n) is 10.4. The monoisotopic (exact) mass is 461 g/mol. The van der Waals surface area contributed by atoms with Crippen molar-refractivity contribution in [3.63, 3.8) is 0 Å². The number of aromatic carboxylic acids is 1. The quantitative estimate of drug-likeness (QED) is 0.385. The Bertz CT molecular complexity index is 1390. The largest absolute Gasteiger partial charge is 0.478 e. The number of fused-ring (bicyclic) bond motifs is 1. The predicted molar refractivity (Wildman–Crippen MR) is 126 cm³/mol. The molecule has 1 aliphatic rings. The Hall–Kier alpha value is -3.68. The molecule has 0 saturated carbocycles. The van der Waals surface area contributed by atoms with Crippen LogP contribution in [-0.4, -0.2) is 39.2 Å². The number of aromatic amines is 1. The Kier molecular flexibility index (Phi) is 5.58. The molecule has 0 atom stereocenters. The van der Waals surface area contributed by atoms with Gasteiger partial charge in [-0.3, -0.25) is 0 Å². The molecule has 0 radical (unpaired) electrons. The van der Waals surface area contributed by atoms with Crippen LogP contribution in [0.4, 0.5) is 0 Å². The number of aryl methyl sites for hydroxylation is 1. The molecule has 4 aromatic rings. The van der Waals surface area contributed by atoms with Crippen molar-refractivity contribution in [2.75, 3.05) is 13.2 Å². The first kappa shape index (κ1) is 21.2. The fraction of sp³-hybridized carbons (Fsp3) is 0.160. The van der Waals surface area contributed by atoms with E-state index in [4.69, 9.17) is 21.1 Å². The second-order valence-corrected chi connectivity index (χ2v) is 8.15. The molecule has 2 aromatic heterocycles. The summed E-state index contributed by atoms with van der Waals surface area (Å²) < 4.78 is 11.1. The van der Waals surface area contributed by atoms with Gasteiger partial charge in [0, 0.05) is 5.56 Å². The van der Waals surface area contributed by atoms with Gasteiger partial charge in [0.2, 0.25) is 0 Å². The van der Waals surface area contributed by atoms with Crippen molar-refractivity contribution in [2.24, 2.45) is 0 Å². The number of carbonyl (C=O) groups is 1. The zero-order valence-corrected chi connectivity index (χ0v) is 18.5. The first-order chi connectivity index (χ1) is 16.0. The number of pyridine rings is 1. The van der Waals surface area contributed by atoms with E-state index >= 15 is 0 Å². The molecule has 0 fully saturated rings. The maximum Gasteiger partial charge on any atom is 0.336 e. The van der Waals surface area contributed by atoms with Gasteiger partial charge in [-0.2, -0.15) is 4.98 Å². The molecule has 33 heavy (non-hydrogen) atoms. The highest BCUT2D eigenvalue weighted by Gasteiger charge is 2.15. The molecule has 8 heteroatoms. The number of hydrogen-bond acceptors (Lipinski definition) is 5. The van der Waals surface area contributed by atoms with E-state index in [0.717, 1.165) is 24.2 Å². The molecule has 166 valence electrons. The van der Waals surface area contributed by atoms with Crippen molar-refractivity contribution in [3.8, 4) is 23.0 Å². The van der Waals surface area contributed by atoms with E-state index in [2.05, 4.69) is 33.2 Å². The predicted octanol–water partition coefficient (Wildman–Crippen LogP) is 5.88. The van der Waals surface area contributed by atoms with Crippen LogP contribution in [0.5, 0.6) is 11.8 Å². The summed E-state index contributed by atoms with van der Waals surface area (Å²) in [4.78, 5) is 23.4. The smallest absolute Gasteiger partial charge is 0.336 e. The van der Waals surface area contributed by atoms with Gasteiger partial charge < -0.3 is 19.6 Å². The molecule has 1 aliphatic heterocycles. The molecule has 0 aliphatic carbocycles. The Labute approximate surface area is 194 Å². The highest BCUT2D eigenvalue weighted by Crippen LogP contribution is 2.32. The van der Waals surface area contributed by atoms with Crippen molar-refractivity contribution < 1.29 is 19.4 Å². The zero-order chi connectivity index (χ0) is 22.9. The lowest BCUT2D eigenvalue weighted by atomic mass is 9.99. The van der Waals surface area contributed by atoms with Gasteiger partial charge in [-0.05, 0) is 48.2 Å². The molecule has 0 unspecified atom stereocenters. The van der Waals surface area contributed by atoms with Crippen LogP contribution >= 0.6 is 11.6 Å². The number of benzene rings is 2. The summed E-state index contributed by atoms with van der Waals surface area (Å²) in [6.45, 7) is 3.11. The van der Waals surface area contributed by atoms with Crippen LogP contribution in [-0.2, 0) is 4.74 Å². The topological polar surface area (TPSA) is 97.3 Å². The molecule has 2 N–H and O–H groups in total. The maximum absolute atomic E-state index is 11.4. The van der Waals surface area contributed by atoms with E-state index in [9.17, 15) is 9.90 Å². The number of rotatable bonds is 5. The van der Waals surface area contributed by atoms with Crippen LogP contribution in [0.15, 0.2) is 54.6 Å². The lowest BCUT2D eigenvalue weighted by Crippen LogP contribution is -2.03. The molecule has 3 heterocycles. The summed E-state index contributed by atoms with van der Waals surface area (Å²) in [7, 11) is 0. The molecular weight excluding hydrogens is 442 g/mol. The van der Waals surface area contributed by atoms with Gasteiger partial charge in [0.15, 0.2) is 5.65 Å². The fourth-order valence-electron chi connectivity index (χ4n) is 3.78. The van der Waals surface area contributed by atoms with Gasteiger partial charge in [0.1, 0.15) is 5.75 Å². The normalized spacial score (nSPS) is 13.7. The summed E-state index contributed by atoms with van der Waals surface area (Å²) in [6, 6.07) is 14.9. The number of hydrogen-bond donors (Lipinski definition) is 2. The van der Waals surface area contributed by atoms with E-state index in [0.29, 0.717) is 39.8 Å². The van der Waals surface area contributed by atoms with Gasteiger partial charge in [-0.1, -0.05) is 48.0 Å². The van der Waals surface area contributed by atoms with Gasteiger partial charge in [-0.25, -0.2) is 9.78 Å². The number of carboxylic acids is 1. The Morgan fingerprint density at radius 2 is 1.91 bits per heavy atom. The van der Waals surface area contributed by atoms with Gasteiger partial charge in [0.05, 0.1) is 35.0 Å².